The van der Waals surface area contributed by atoms with Gasteiger partial charge >= 0.3 is 0 Å². The number of benzene rings is 3. The number of carbonyl (C=O) groups is 2. The van der Waals surface area contributed by atoms with Crippen LogP contribution in [0.25, 0.3) is 0 Å². The predicted octanol–water partition coefficient (Wildman–Crippen LogP) is 3.63. The topological polar surface area (TPSA) is 99.9 Å². The van der Waals surface area contributed by atoms with Crippen LogP contribution in [0.3, 0.4) is 0 Å². The molecule has 1 atom stereocenters. The number of hydrogen-bond donors (Lipinski definition) is 1. The van der Waals surface area contributed by atoms with Crippen LogP contribution in [0.1, 0.15) is 22.8 Å². The summed E-state index contributed by atoms with van der Waals surface area (Å²) in [5.74, 6) is -0.735. The van der Waals surface area contributed by atoms with Crippen molar-refractivity contribution in [2.45, 2.75) is 23.4 Å². The minimum Gasteiger partial charge on any atom is -0.467 e. The number of hydrogen-bond acceptors (Lipinski definition) is 5. The zero-order valence-corrected chi connectivity index (χ0v) is 22.0. The van der Waals surface area contributed by atoms with Gasteiger partial charge in [0, 0.05) is 19.6 Å². The summed E-state index contributed by atoms with van der Waals surface area (Å²) < 4.78 is 33.7. The SMILES string of the molecule is O=C(NCc1ccco1)C1CN(C(=O)C(c2ccccc2)c2ccccc2)CCN1S(=O)(=O)c1ccccc1. The standard InChI is InChI=1S/C30H29N3O5S/c34-29(31-21-25-15-10-20-38-25)27-22-32(18-19-33(27)39(36,37)26-16-8-3-9-17-26)30(35)28(23-11-4-1-5-12-23)24-13-6-2-7-14-24/h1-17,20,27-28H,18-19,21-22H2,(H,31,34). The maximum Gasteiger partial charge on any atom is 0.243 e. The van der Waals surface area contributed by atoms with Gasteiger partial charge in [-0.15, -0.1) is 0 Å². The van der Waals surface area contributed by atoms with Crippen LogP contribution < -0.4 is 5.32 Å². The van der Waals surface area contributed by atoms with Gasteiger partial charge in [0.15, 0.2) is 0 Å². The molecule has 1 aliphatic rings. The molecule has 2 heterocycles. The van der Waals surface area contributed by atoms with Crippen LogP contribution in [0.2, 0.25) is 0 Å². The monoisotopic (exact) mass is 543 g/mol. The molecular formula is C30H29N3O5S. The van der Waals surface area contributed by atoms with Crippen molar-refractivity contribution in [3.8, 4) is 0 Å². The van der Waals surface area contributed by atoms with Crippen LogP contribution in [0.5, 0.6) is 0 Å². The molecule has 3 aromatic carbocycles. The Hall–Kier alpha value is -4.21. The summed E-state index contributed by atoms with van der Waals surface area (Å²) in [5, 5.41) is 2.78. The van der Waals surface area contributed by atoms with Gasteiger partial charge < -0.3 is 14.6 Å². The summed E-state index contributed by atoms with van der Waals surface area (Å²) in [7, 11) is -3.99. The molecule has 39 heavy (non-hydrogen) atoms. The molecule has 1 unspecified atom stereocenters. The third kappa shape index (κ3) is 5.79. The van der Waals surface area contributed by atoms with Crippen molar-refractivity contribution in [1.29, 1.82) is 0 Å². The minimum atomic E-state index is -3.99. The molecular weight excluding hydrogens is 514 g/mol. The zero-order valence-electron chi connectivity index (χ0n) is 21.2. The van der Waals surface area contributed by atoms with Crippen molar-refractivity contribution in [3.05, 3.63) is 126 Å². The summed E-state index contributed by atoms with van der Waals surface area (Å²) in [5.41, 5.74) is 1.65. The second kappa shape index (κ2) is 11.7. The molecule has 0 radical (unpaired) electrons. The van der Waals surface area contributed by atoms with Crippen LogP contribution >= 0.6 is 0 Å². The van der Waals surface area contributed by atoms with Gasteiger partial charge in [0.2, 0.25) is 21.8 Å². The van der Waals surface area contributed by atoms with Gasteiger partial charge in [-0.05, 0) is 35.4 Å². The Kier molecular flexibility index (Phi) is 7.90. The lowest BCUT2D eigenvalue weighted by Gasteiger charge is -2.40. The highest BCUT2D eigenvalue weighted by Crippen LogP contribution is 2.29. The molecule has 4 aromatic rings. The highest BCUT2D eigenvalue weighted by atomic mass is 32.2. The number of nitrogens with zero attached hydrogens (tertiary/aromatic N) is 2. The first-order valence-electron chi connectivity index (χ1n) is 12.7. The minimum absolute atomic E-state index is 0.0158. The van der Waals surface area contributed by atoms with E-state index in [9.17, 15) is 18.0 Å². The van der Waals surface area contributed by atoms with Gasteiger partial charge in [-0.1, -0.05) is 78.9 Å². The highest BCUT2D eigenvalue weighted by molar-refractivity contribution is 7.89. The average molecular weight is 544 g/mol. The number of nitrogens with one attached hydrogen (secondary N) is 1. The molecule has 1 aromatic heterocycles. The fraction of sp³-hybridized carbons (Fsp3) is 0.200. The van der Waals surface area contributed by atoms with Crippen molar-refractivity contribution in [2.75, 3.05) is 19.6 Å². The van der Waals surface area contributed by atoms with Crippen LogP contribution in [0, 0.1) is 0 Å². The number of rotatable bonds is 8. The summed E-state index contributed by atoms with van der Waals surface area (Å²) in [6.07, 6.45) is 1.50. The van der Waals surface area contributed by atoms with Crippen molar-refractivity contribution >= 4 is 21.8 Å². The molecule has 1 saturated heterocycles. The lowest BCUT2D eigenvalue weighted by molar-refractivity contribution is -0.136. The molecule has 9 heteroatoms. The van der Waals surface area contributed by atoms with Gasteiger partial charge in [0.05, 0.1) is 23.6 Å². The van der Waals surface area contributed by atoms with Gasteiger partial charge in [-0.25, -0.2) is 8.42 Å². The fourth-order valence-corrected chi connectivity index (χ4v) is 6.44. The number of sulfonamides is 1. The summed E-state index contributed by atoms with van der Waals surface area (Å²) in [4.78, 5) is 29.2. The molecule has 1 fully saturated rings. The van der Waals surface area contributed by atoms with Gasteiger partial charge in [-0.2, -0.15) is 4.31 Å². The number of amides is 2. The molecule has 5 rings (SSSR count). The van der Waals surface area contributed by atoms with Crippen LogP contribution in [-0.2, 0) is 26.2 Å². The first kappa shape index (κ1) is 26.4. The summed E-state index contributed by atoms with van der Waals surface area (Å²) >= 11 is 0. The smallest absolute Gasteiger partial charge is 0.243 e. The lowest BCUT2D eigenvalue weighted by atomic mass is 9.89. The molecule has 8 nitrogen and oxygen atoms in total. The Morgan fingerprint density at radius 2 is 1.41 bits per heavy atom. The highest BCUT2D eigenvalue weighted by Gasteiger charge is 2.42. The van der Waals surface area contributed by atoms with Crippen LogP contribution in [0.15, 0.2) is 119 Å². The zero-order chi connectivity index (χ0) is 27.2. The summed E-state index contributed by atoms with van der Waals surface area (Å²) in [6.45, 7) is 0.165. The Bertz CT molecular complexity index is 1450. The van der Waals surface area contributed by atoms with Gasteiger partial charge in [-0.3, -0.25) is 9.59 Å². The van der Waals surface area contributed by atoms with Crippen LogP contribution in [0.4, 0.5) is 0 Å². The lowest BCUT2D eigenvalue weighted by Crippen LogP contribution is -2.61. The van der Waals surface area contributed by atoms with E-state index >= 15 is 0 Å². The fourth-order valence-electron chi connectivity index (χ4n) is 4.85. The van der Waals surface area contributed by atoms with Gasteiger partial charge in [0.1, 0.15) is 11.8 Å². The molecule has 2 amide bonds. The van der Waals surface area contributed by atoms with Crippen LogP contribution in [-0.4, -0.2) is 55.1 Å². The average Bonchev–Trinajstić information content (AvgIpc) is 3.51. The maximum absolute atomic E-state index is 14.0. The third-order valence-corrected chi connectivity index (χ3v) is 8.75. The molecule has 0 bridgehead atoms. The van der Waals surface area contributed by atoms with Gasteiger partial charge in [0.25, 0.3) is 0 Å². The maximum atomic E-state index is 14.0. The Labute approximate surface area is 227 Å². The quantitative estimate of drug-likeness (QED) is 0.366. The van der Waals surface area contributed by atoms with Crippen molar-refractivity contribution in [1.82, 2.24) is 14.5 Å². The van der Waals surface area contributed by atoms with E-state index < -0.39 is 27.9 Å². The van der Waals surface area contributed by atoms with E-state index in [2.05, 4.69) is 5.32 Å². The van der Waals surface area contributed by atoms with Crippen molar-refractivity contribution < 1.29 is 22.4 Å². The first-order chi connectivity index (χ1) is 18.9. The molecule has 200 valence electrons. The van der Waals surface area contributed by atoms with E-state index in [0.717, 1.165) is 11.1 Å². The van der Waals surface area contributed by atoms with E-state index in [1.807, 2.05) is 60.7 Å². The van der Waals surface area contributed by atoms with Crippen molar-refractivity contribution in [2.24, 2.45) is 0 Å². The Balaban J connectivity index is 1.45. The number of carbonyl (C=O) groups excluding carboxylic acids is 2. The van der Waals surface area contributed by atoms with E-state index in [0.29, 0.717) is 5.76 Å². The summed E-state index contributed by atoms with van der Waals surface area (Å²) in [6, 6.07) is 29.3. The second-order valence-electron chi connectivity index (χ2n) is 9.28. The van der Waals surface area contributed by atoms with E-state index in [1.165, 1.54) is 22.7 Å². The third-order valence-electron chi connectivity index (χ3n) is 6.83. The van der Waals surface area contributed by atoms with E-state index in [-0.39, 0.29) is 37.0 Å². The van der Waals surface area contributed by atoms with E-state index in [4.69, 9.17) is 4.42 Å². The molecule has 0 spiro atoms. The van der Waals surface area contributed by atoms with E-state index in [1.54, 1.807) is 35.2 Å². The molecule has 0 aliphatic carbocycles. The first-order valence-corrected chi connectivity index (χ1v) is 14.1. The molecule has 1 N–H and O–H groups in total. The predicted molar refractivity (Wildman–Crippen MR) is 146 cm³/mol. The second-order valence-corrected chi connectivity index (χ2v) is 11.2. The van der Waals surface area contributed by atoms with Crippen molar-refractivity contribution in [3.63, 3.8) is 0 Å². The Morgan fingerprint density at radius 1 is 0.821 bits per heavy atom. The number of furan rings is 1. The largest absolute Gasteiger partial charge is 0.467 e. The Morgan fingerprint density at radius 3 is 1.97 bits per heavy atom. The molecule has 0 saturated carbocycles. The number of piperazine rings is 1. The normalized spacial score (nSPS) is 16.2. The molecule has 1 aliphatic heterocycles.